The van der Waals surface area contributed by atoms with Crippen LogP contribution >= 0.6 is 0 Å². The Morgan fingerprint density at radius 2 is 2.50 bits per heavy atom. The molecule has 1 rings (SSSR count). The van der Waals surface area contributed by atoms with Crippen LogP contribution in [0.5, 0.6) is 0 Å². The van der Waals surface area contributed by atoms with Crippen LogP contribution in [0.15, 0.2) is 6.33 Å². The third-order valence-corrected chi connectivity index (χ3v) is 1.01. The quantitative estimate of drug-likeness (QED) is 0.675. The monoisotopic (exact) mass is 141 g/mol. The Morgan fingerprint density at radius 3 is 3.00 bits per heavy atom. The Kier molecular flexibility index (Phi) is 2.39. The molecule has 0 aliphatic rings. The van der Waals surface area contributed by atoms with Crippen molar-refractivity contribution in [1.29, 1.82) is 0 Å². The molecular weight excluding hydrogens is 130 g/mol. The molecule has 0 unspecified atom stereocenters. The van der Waals surface area contributed by atoms with Crippen molar-refractivity contribution in [3.63, 3.8) is 0 Å². The molecule has 0 fully saturated rings. The molecular formula is C6H11N3O. The standard InChI is InChI=1S/C6H11N3O/c1-5(2)10-3-6-7-4-8-9-6/h4-5H,3H2,1-2H3,(H,7,8,9). The third-order valence-electron chi connectivity index (χ3n) is 1.01. The van der Waals surface area contributed by atoms with E-state index in [-0.39, 0.29) is 6.10 Å². The maximum absolute atomic E-state index is 5.24. The Balaban J connectivity index is 2.28. The first-order valence-corrected chi connectivity index (χ1v) is 3.25. The second kappa shape index (κ2) is 3.31. The van der Waals surface area contributed by atoms with Crippen LogP contribution in [0.25, 0.3) is 0 Å². The minimum atomic E-state index is 0.235. The van der Waals surface area contributed by atoms with E-state index in [0.29, 0.717) is 12.4 Å². The molecule has 0 radical (unpaired) electrons. The highest BCUT2D eigenvalue weighted by atomic mass is 16.5. The van der Waals surface area contributed by atoms with Gasteiger partial charge in [0.05, 0.1) is 6.10 Å². The Bertz CT molecular complexity index is 171. The van der Waals surface area contributed by atoms with Gasteiger partial charge in [0.1, 0.15) is 12.9 Å². The van der Waals surface area contributed by atoms with E-state index in [0.717, 1.165) is 0 Å². The maximum Gasteiger partial charge on any atom is 0.175 e. The summed E-state index contributed by atoms with van der Waals surface area (Å²) in [4.78, 5) is 3.90. The molecule has 0 saturated carbocycles. The number of rotatable bonds is 3. The van der Waals surface area contributed by atoms with E-state index in [1.165, 1.54) is 0 Å². The molecule has 0 spiro atoms. The Labute approximate surface area is 59.6 Å². The lowest BCUT2D eigenvalue weighted by Gasteiger charge is -2.02. The molecule has 56 valence electrons. The van der Waals surface area contributed by atoms with Crippen LogP contribution in [-0.2, 0) is 11.3 Å². The zero-order valence-corrected chi connectivity index (χ0v) is 6.16. The van der Waals surface area contributed by atoms with Crippen LogP contribution in [-0.4, -0.2) is 21.3 Å². The average Bonchev–Trinajstić information content (AvgIpc) is 2.34. The average molecular weight is 141 g/mol. The van der Waals surface area contributed by atoms with E-state index in [9.17, 15) is 0 Å². The molecule has 0 aliphatic heterocycles. The van der Waals surface area contributed by atoms with Crippen LogP contribution in [0.1, 0.15) is 19.7 Å². The smallest absolute Gasteiger partial charge is 0.175 e. The number of hydrogen-bond donors (Lipinski definition) is 1. The topological polar surface area (TPSA) is 50.8 Å². The van der Waals surface area contributed by atoms with Crippen molar-refractivity contribution in [1.82, 2.24) is 15.2 Å². The van der Waals surface area contributed by atoms with E-state index in [2.05, 4.69) is 15.2 Å². The molecule has 0 amide bonds. The molecule has 0 atom stereocenters. The molecule has 10 heavy (non-hydrogen) atoms. The van der Waals surface area contributed by atoms with Crippen molar-refractivity contribution in [2.24, 2.45) is 0 Å². The van der Waals surface area contributed by atoms with Crippen molar-refractivity contribution in [2.45, 2.75) is 26.6 Å². The van der Waals surface area contributed by atoms with Gasteiger partial charge < -0.3 is 4.74 Å². The van der Waals surface area contributed by atoms with Gasteiger partial charge >= 0.3 is 0 Å². The van der Waals surface area contributed by atoms with Gasteiger partial charge in [-0.25, -0.2) is 4.98 Å². The van der Waals surface area contributed by atoms with Crippen molar-refractivity contribution < 1.29 is 4.74 Å². The molecule has 0 saturated heterocycles. The fourth-order valence-corrected chi connectivity index (χ4v) is 0.546. The summed E-state index contributed by atoms with van der Waals surface area (Å²) in [6.07, 6.45) is 1.78. The summed E-state index contributed by atoms with van der Waals surface area (Å²) in [5.74, 6) is 0.703. The van der Waals surface area contributed by atoms with Gasteiger partial charge in [0.15, 0.2) is 5.82 Å². The van der Waals surface area contributed by atoms with Crippen LogP contribution < -0.4 is 0 Å². The first kappa shape index (κ1) is 7.21. The fourth-order valence-electron chi connectivity index (χ4n) is 0.546. The fraction of sp³-hybridized carbons (Fsp3) is 0.667. The lowest BCUT2D eigenvalue weighted by molar-refractivity contribution is 0.0615. The zero-order valence-electron chi connectivity index (χ0n) is 6.16. The van der Waals surface area contributed by atoms with Crippen molar-refractivity contribution >= 4 is 0 Å². The Hall–Kier alpha value is -0.900. The van der Waals surface area contributed by atoms with Crippen molar-refractivity contribution in [3.05, 3.63) is 12.2 Å². The predicted octanol–water partition coefficient (Wildman–Crippen LogP) is 0.730. The van der Waals surface area contributed by atoms with Gasteiger partial charge in [0.25, 0.3) is 0 Å². The highest BCUT2D eigenvalue weighted by molar-refractivity contribution is 4.75. The van der Waals surface area contributed by atoms with E-state index in [4.69, 9.17) is 4.74 Å². The highest BCUT2D eigenvalue weighted by Gasteiger charge is 1.97. The molecule has 1 N–H and O–H groups in total. The second-order valence-electron chi connectivity index (χ2n) is 2.28. The first-order valence-electron chi connectivity index (χ1n) is 3.25. The van der Waals surface area contributed by atoms with Crippen molar-refractivity contribution in [3.8, 4) is 0 Å². The first-order chi connectivity index (χ1) is 4.79. The van der Waals surface area contributed by atoms with E-state index in [1.54, 1.807) is 6.33 Å². The van der Waals surface area contributed by atoms with E-state index >= 15 is 0 Å². The van der Waals surface area contributed by atoms with Crippen LogP contribution in [0, 0.1) is 0 Å². The lowest BCUT2D eigenvalue weighted by atomic mass is 10.5. The molecule has 0 aliphatic carbocycles. The number of nitrogens with zero attached hydrogens (tertiary/aromatic N) is 2. The molecule has 4 nitrogen and oxygen atoms in total. The van der Waals surface area contributed by atoms with Crippen LogP contribution in [0.2, 0.25) is 0 Å². The predicted molar refractivity (Wildman–Crippen MR) is 36.3 cm³/mol. The maximum atomic E-state index is 5.24. The minimum absolute atomic E-state index is 0.235. The second-order valence-corrected chi connectivity index (χ2v) is 2.28. The number of nitrogens with one attached hydrogen (secondary N) is 1. The largest absolute Gasteiger partial charge is 0.371 e. The molecule has 1 aromatic heterocycles. The van der Waals surface area contributed by atoms with Crippen molar-refractivity contribution in [2.75, 3.05) is 0 Å². The summed E-state index contributed by atoms with van der Waals surface area (Å²) < 4.78 is 5.24. The SMILES string of the molecule is CC(C)OCc1nc[nH]n1. The van der Waals surface area contributed by atoms with E-state index in [1.807, 2.05) is 13.8 Å². The summed E-state index contributed by atoms with van der Waals surface area (Å²) in [5, 5.41) is 6.44. The zero-order chi connectivity index (χ0) is 7.40. The van der Waals surface area contributed by atoms with Gasteiger partial charge in [0.2, 0.25) is 0 Å². The summed E-state index contributed by atoms with van der Waals surface area (Å²) >= 11 is 0. The normalized spacial score (nSPS) is 10.7. The third kappa shape index (κ3) is 2.14. The molecule has 1 aromatic rings. The van der Waals surface area contributed by atoms with E-state index < -0.39 is 0 Å². The molecule has 0 aromatic carbocycles. The summed E-state index contributed by atoms with van der Waals surface area (Å²) in [7, 11) is 0. The van der Waals surface area contributed by atoms with Crippen LogP contribution in [0.4, 0.5) is 0 Å². The molecule has 4 heteroatoms. The lowest BCUT2D eigenvalue weighted by Crippen LogP contribution is -2.03. The number of hydrogen-bond acceptors (Lipinski definition) is 3. The van der Waals surface area contributed by atoms with Gasteiger partial charge in [-0.3, -0.25) is 5.10 Å². The highest BCUT2D eigenvalue weighted by Crippen LogP contribution is 1.94. The summed E-state index contributed by atoms with van der Waals surface area (Å²) in [6.45, 7) is 4.44. The number of aromatic amines is 1. The van der Waals surface area contributed by atoms with Crippen LogP contribution in [0.3, 0.4) is 0 Å². The summed E-state index contributed by atoms with van der Waals surface area (Å²) in [6, 6.07) is 0. The van der Waals surface area contributed by atoms with Gasteiger partial charge in [-0.05, 0) is 13.8 Å². The number of aromatic nitrogens is 3. The minimum Gasteiger partial charge on any atom is -0.371 e. The molecule has 1 heterocycles. The molecule has 0 bridgehead atoms. The number of ether oxygens (including phenoxy) is 1. The number of H-pyrrole nitrogens is 1. The van der Waals surface area contributed by atoms with Gasteiger partial charge in [0, 0.05) is 0 Å². The Morgan fingerprint density at radius 1 is 1.70 bits per heavy atom. The van der Waals surface area contributed by atoms with Gasteiger partial charge in [-0.1, -0.05) is 0 Å². The van der Waals surface area contributed by atoms with Gasteiger partial charge in [-0.2, -0.15) is 5.10 Å². The van der Waals surface area contributed by atoms with Gasteiger partial charge in [-0.15, -0.1) is 0 Å². The summed E-state index contributed by atoms with van der Waals surface area (Å²) in [5.41, 5.74) is 0.